The van der Waals surface area contributed by atoms with E-state index < -0.39 is 0 Å². The molecule has 0 spiro atoms. The maximum atomic E-state index is 13.1. The van der Waals surface area contributed by atoms with Gasteiger partial charge >= 0.3 is 0 Å². The van der Waals surface area contributed by atoms with Crippen molar-refractivity contribution >= 4 is 34.8 Å². The van der Waals surface area contributed by atoms with Crippen LogP contribution in [0.4, 0.5) is 5.69 Å². The molecule has 0 saturated heterocycles. The SMILES string of the molecule is COc1ccc2c(c1)C(=CC(=O)c1ccc(NC(=O)c3cccnc3SC)cc1)NC(C)(C)C2. The van der Waals surface area contributed by atoms with Gasteiger partial charge in [0.25, 0.3) is 5.91 Å². The van der Waals surface area contributed by atoms with Crippen LogP contribution in [0.15, 0.2) is 71.9 Å². The number of carbonyl (C=O) groups excluding carboxylic acids is 2. The summed E-state index contributed by atoms with van der Waals surface area (Å²) in [5.74, 6) is 0.388. The maximum Gasteiger partial charge on any atom is 0.258 e. The number of rotatable bonds is 6. The number of benzene rings is 2. The van der Waals surface area contributed by atoms with E-state index in [-0.39, 0.29) is 17.2 Å². The minimum Gasteiger partial charge on any atom is -0.497 e. The molecule has 34 heavy (non-hydrogen) atoms. The van der Waals surface area contributed by atoms with Crippen LogP contribution in [-0.2, 0) is 6.42 Å². The molecule has 0 atom stereocenters. The van der Waals surface area contributed by atoms with E-state index >= 15 is 0 Å². The molecule has 0 unspecified atom stereocenters. The molecule has 0 fully saturated rings. The first-order chi connectivity index (χ1) is 16.3. The molecule has 7 heteroatoms. The van der Waals surface area contributed by atoms with Gasteiger partial charge in [-0.3, -0.25) is 9.59 Å². The summed E-state index contributed by atoms with van der Waals surface area (Å²) in [6.45, 7) is 4.22. The first-order valence-electron chi connectivity index (χ1n) is 10.9. The number of fused-ring (bicyclic) bond motifs is 1. The number of thioether (sulfide) groups is 1. The van der Waals surface area contributed by atoms with Gasteiger partial charge in [-0.15, -0.1) is 11.8 Å². The Kier molecular flexibility index (Phi) is 6.75. The van der Waals surface area contributed by atoms with Crippen molar-refractivity contribution < 1.29 is 14.3 Å². The molecule has 1 aliphatic heterocycles. The summed E-state index contributed by atoms with van der Waals surface area (Å²) in [5, 5.41) is 7.02. The van der Waals surface area contributed by atoms with Gasteiger partial charge in [0.1, 0.15) is 10.8 Å². The Morgan fingerprint density at radius 2 is 1.91 bits per heavy atom. The third-order valence-electron chi connectivity index (χ3n) is 5.62. The topological polar surface area (TPSA) is 80.3 Å². The van der Waals surface area contributed by atoms with Gasteiger partial charge < -0.3 is 15.4 Å². The second-order valence-corrected chi connectivity index (χ2v) is 9.52. The van der Waals surface area contributed by atoms with E-state index in [1.54, 1.807) is 55.8 Å². The Morgan fingerprint density at radius 3 is 2.62 bits per heavy atom. The number of ketones is 1. The summed E-state index contributed by atoms with van der Waals surface area (Å²) in [5.41, 5.74) is 4.39. The fourth-order valence-corrected chi connectivity index (χ4v) is 4.56. The number of anilines is 1. The van der Waals surface area contributed by atoms with Crippen LogP contribution >= 0.6 is 11.8 Å². The van der Waals surface area contributed by atoms with E-state index in [0.717, 1.165) is 23.4 Å². The first-order valence-corrected chi connectivity index (χ1v) is 12.1. The summed E-state index contributed by atoms with van der Waals surface area (Å²) in [6.07, 6.45) is 6.02. The van der Waals surface area contributed by atoms with Crippen LogP contribution in [0.25, 0.3) is 5.70 Å². The number of ether oxygens (including phenoxy) is 1. The highest BCUT2D eigenvalue weighted by atomic mass is 32.2. The number of allylic oxidation sites excluding steroid dienone is 1. The van der Waals surface area contributed by atoms with E-state index in [2.05, 4.69) is 35.5 Å². The van der Waals surface area contributed by atoms with Crippen molar-refractivity contribution in [1.29, 1.82) is 0 Å². The summed E-state index contributed by atoms with van der Waals surface area (Å²) in [6, 6.07) is 16.3. The minimum atomic E-state index is -0.238. The second-order valence-electron chi connectivity index (χ2n) is 8.72. The van der Waals surface area contributed by atoms with E-state index in [1.807, 2.05) is 18.4 Å². The Balaban J connectivity index is 1.55. The van der Waals surface area contributed by atoms with E-state index in [1.165, 1.54) is 17.3 Å². The van der Waals surface area contributed by atoms with Gasteiger partial charge in [0.2, 0.25) is 0 Å². The maximum absolute atomic E-state index is 13.1. The highest BCUT2D eigenvalue weighted by molar-refractivity contribution is 7.98. The van der Waals surface area contributed by atoms with Crippen molar-refractivity contribution in [3.63, 3.8) is 0 Å². The van der Waals surface area contributed by atoms with Crippen molar-refractivity contribution in [2.45, 2.75) is 30.8 Å². The zero-order chi connectivity index (χ0) is 24.3. The molecule has 0 saturated carbocycles. The van der Waals surface area contributed by atoms with E-state index in [4.69, 9.17) is 4.74 Å². The van der Waals surface area contributed by atoms with Crippen molar-refractivity contribution in [3.8, 4) is 5.75 Å². The van der Waals surface area contributed by atoms with Crippen molar-refractivity contribution in [2.75, 3.05) is 18.7 Å². The highest BCUT2D eigenvalue weighted by Gasteiger charge is 2.28. The Bertz CT molecular complexity index is 1270. The molecule has 0 bridgehead atoms. The predicted octanol–water partition coefficient (Wildman–Crippen LogP) is 5.21. The van der Waals surface area contributed by atoms with Gasteiger partial charge in [-0.25, -0.2) is 4.98 Å². The molecule has 6 nitrogen and oxygen atoms in total. The van der Waals surface area contributed by atoms with Gasteiger partial charge in [-0.2, -0.15) is 0 Å². The largest absolute Gasteiger partial charge is 0.497 e. The van der Waals surface area contributed by atoms with Gasteiger partial charge in [-0.1, -0.05) is 6.07 Å². The number of nitrogens with zero attached hydrogens (tertiary/aromatic N) is 1. The smallest absolute Gasteiger partial charge is 0.258 e. The zero-order valence-electron chi connectivity index (χ0n) is 19.6. The van der Waals surface area contributed by atoms with Crippen molar-refractivity contribution in [1.82, 2.24) is 10.3 Å². The number of pyridine rings is 1. The molecule has 2 aromatic carbocycles. The number of hydrogen-bond acceptors (Lipinski definition) is 6. The number of methoxy groups -OCH3 is 1. The van der Waals surface area contributed by atoms with Crippen molar-refractivity contribution in [3.05, 3.63) is 89.1 Å². The van der Waals surface area contributed by atoms with Gasteiger partial charge in [0, 0.05) is 40.3 Å². The van der Waals surface area contributed by atoms with E-state index in [0.29, 0.717) is 21.8 Å². The summed E-state index contributed by atoms with van der Waals surface area (Å²) in [7, 11) is 1.63. The van der Waals surface area contributed by atoms with Crippen molar-refractivity contribution in [2.24, 2.45) is 0 Å². The molecule has 2 heterocycles. The average Bonchev–Trinajstić information content (AvgIpc) is 2.83. The molecule has 0 aliphatic carbocycles. The molecular formula is C27H27N3O3S. The van der Waals surface area contributed by atoms with Crippen LogP contribution in [0, 0.1) is 0 Å². The lowest BCUT2D eigenvalue weighted by Crippen LogP contribution is -2.43. The highest BCUT2D eigenvalue weighted by Crippen LogP contribution is 2.32. The average molecular weight is 474 g/mol. The molecule has 1 aromatic heterocycles. The Morgan fingerprint density at radius 1 is 1.15 bits per heavy atom. The molecule has 1 aliphatic rings. The number of nitrogens with one attached hydrogen (secondary N) is 2. The molecule has 2 N–H and O–H groups in total. The van der Waals surface area contributed by atoms with Crippen LogP contribution < -0.4 is 15.4 Å². The van der Waals surface area contributed by atoms with Crippen LogP contribution in [-0.4, -0.2) is 35.6 Å². The van der Waals surface area contributed by atoms with Gasteiger partial charge in [0.05, 0.1) is 12.7 Å². The summed E-state index contributed by atoms with van der Waals surface area (Å²) < 4.78 is 5.38. The number of aromatic nitrogens is 1. The molecule has 3 aromatic rings. The van der Waals surface area contributed by atoms with Crippen LogP contribution in [0.3, 0.4) is 0 Å². The lowest BCUT2D eigenvalue weighted by molar-refractivity contribution is 0.102. The molecule has 0 radical (unpaired) electrons. The molecular weight excluding hydrogens is 446 g/mol. The normalized spacial score (nSPS) is 15.2. The van der Waals surface area contributed by atoms with E-state index in [9.17, 15) is 9.59 Å². The minimum absolute atomic E-state index is 0.122. The van der Waals surface area contributed by atoms with Crippen LogP contribution in [0.2, 0.25) is 0 Å². The third kappa shape index (κ3) is 5.15. The summed E-state index contributed by atoms with van der Waals surface area (Å²) >= 11 is 1.42. The predicted molar refractivity (Wildman–Crippen MR) is 137 cm³/mol. The Hall–Kier alpha value is -3.58. The lowest BCUT2D eigenvalue weighted by atomic mass is 9.85. The van der Waals surface area contributed by atoms with Crippen LogP contribution in [0.5, 0.6) is 5.75 Å². The van der Waals surface area contributed by atoms with Crippen LogP contribution in [0.1, 0.15) is 45.7 Å². The number of hydrogen-bond donors (Lipinski definition) is 2. The molecule has 1 amide bonds. The standard InChI is InChI=1S/C27H27N3O3S/c1-27(2)16-18-9-12-20(33-3)14-22(18)23(30-27)15-24(31)17-7-10-19(11-8-17)29-25(32)21-6-5-13-28-26(21)34-4/h5-15,30H,16H2,1-4H3,(H,29,32). The second kappa shape index (κ2) is 9.73. The monoisotopic (exact) mass is 473 g/mol. The third-order valence-corrected chi connectivity index (χ3v) is 6.34. The Labute approximate surface area is 203 Å². The van der Waals surface area contributed by atoms with Gasteiger partial charge in [0.15, 0.2) is 5.78 Å². The number of amides is 1. The lowest BCUT2D eigenvalue weighted by Gasteiger charge is -2.35. The fraction of sp³-hybridized carbons (Fsp3) is 0.222. The number of carbonyl (C=O) groups is 2. The summed E-state index contributed by atoms with van der Waals surface area (Å²) in [4.78, 5) is 30.0. The molecule has 174 valence electrons. The zero-order valence-corrected chi connectivity index (χ0v) is 20.5. The molecule has 4 rings (SSSR count). The van der Waals surface area contributed by atoms with Gasteiger partial charge in [-0.05, 0) is 80.6 Å². The fourth-order valence-electron chi connectivity index (χ4n) is 4.01. The quantitative estimate of drug-likeness (QED) is 0.291. The first kappa shape index (κ1) is 23.6.